The maximum atomic E-state index is 11.7. The predicted octanol–water partition coefficient (Wildman–Crippen LogP) is 2.12. The van der Waals surface area contributed by atoms with Gasteiger partial charge in [0.25, 0.3) is 0 Å². The van der Waals surface area contributed by atoms with Gasteiger partial charge in [-0.1, -0.05) is 6.92 Å². The summed E-state index contributed by atoms with van der Waals surface area (Å²) in [6, 6.07) is 0. The first kappa shape index (κ1) is 15.2. The molecule has 0 spiro atoms. The maximum absolute atomic E-state index is 11.7. The van der Waals surface area contributed by atoms with Gasteiger partial charge in [-0.05, 0) is 20.3 Å². The van der Waals surface area contributed by atoms with Crippen molar-refractivity contribution >= 4 is 5.97 Å². The molecule has 1 N–H and O–H groups in total. The fourth-order valence-corrected chi connectivity index (χ4v) is 0.786. The van der Waals surface area contributed by atoms with E-state index >= 15 is 0 Å². The summed E-state index contributed by atoms with van der Waals surface area (Å²) in [6.07, 6.45) is -3.60. The Hall–Kier alpha value is -0.780. The second-order valence-corrected chi connectivity index (χ2v) is 4.17. The van der Waals surface area contributed by atoms with Crippen LogP contribution < -0.4 is 5.32 Å². The van der Waals surface area contributed by atoms with Gasteiger partial charge in [0.2, 0.25) is 0 Å². The van der Waals surface area contributed by atoms with Gasteiger partial charge in [-0.2, -0.15) is 13.2 Å². The molecule has 0 saturated heterocycles. The summed E-state index contributed by atoms with van der Waals surface area (Å²) in [4.78, 5) is 11.4. The summed E-state index contributed by atoms with van der Waals surface area (Å²) in [5.74, 6) is -0.385. The van der Waals surface area contributed by atoms with Crippen molar-refractivity contribution in [3.05, 3.63) is 0 Å². The van der Waals surface area contributed by atoms with Crippen LogP contribution in [-0.2, 0) is 9.53 Å². The topological polar surface area (TPSA) is 38.3 Å². The molecule has 0 amide bonds. The van der Waals surface area contributed by atoms with Gasteiger partial charge in [-0.3, -0.25) is 4.79 Å². The predicted molar refractivity (Wildman–Crippen MR) is 54.0 cm³/mol. The summed E-state index contributed by atoms with van der Waals surface area (Å²) < 4.78 is 40.0. The number of rotatable bonds is 6. The van der Waals surface area contributed by atoms with Crippen molar-refractivity contribution in [3.8, 4) is 0 Å². The first-order valence-electron chi connectivity index (χ1n) is 5.14. The number of esters is 1. The lowest BCUT2D eigenvalue weighted by atomic mass is 9.91. The molecule has 0 aromatic rings. The van der Waals surface area contributed by atoms with Gasteiger partial charge < -0.3 is 10.1 Å². The molecule has 0 bridgehead atoms. The van der Waals surface area contributed by atoms with Crippen molar-refractivity contribution in [2.24, 2.45) is 5.41 Å². The van der Waals surface area contributed by atoms with Crippen LogP contribution >= 0.6 is 0 Å². The van der Waals surface area contributed by atoms with Crippen LogP contribution in [-0.4, -0.2) is 31.8 Å². The average Bonchev–Trinajstić information content (AvgIpc) is 2.15. The lowest BCUT2D eigenvalue weighted by Crippen LogP contribution is -2.33. The Morgan fingerprint density at radius 1 is 1.31 bits per heavy atom. The molecular formula is C10H18F3NO2. The van der Waals surface area contributed by atoms with Crippen LogP contribution in [0.1, 0.15) is 27.2 Å². The van der Waals surface area contributed by atoms with Crippen LogP contribution in [0, 0.1) is 5.41 Å². The highest BCUT2D eigenvalue weighted by atomic mass is 19.4. The van der Waals surface area contributed by atoms with Crippen molar-refractivity contribution in [2.45, 2.75) is 33.4 Å². The first-order valence-corrected chi connectivity index (χ1v) is 5.14. The summed E-state index contributed by atoms with van der Waals surface area (Å²) >= 11 is 0. The number of hydrogen-bond acceptors (Lipinski definition) is 3. The van der Waals surface area contributed by atoms with Gasteiger partial charge in [0.1, 0.15) is 6.61 Å². The molecule has 0 unspecified atom stereocenters. The summed E-state index contributed by atoms with van der Waals surface area (Å²) in [5.41, 5.74) is -0.579. The molecule has 0 fully saturated rings. The highest BCUT2D eigenvalue weighted by Crippen LogP contribution is 2.21. The minimum absolute atomic E-state index is 0.00500. The molecule has 0 aromatic carbocycles. The molecule has 6 heteroatoms. The molecular weight excluding hydrogens is 223 g/mol. The number of ether oxygens (including phenoxy) is 1. The number of alkyl halides is 3. The Balaban J connectivity index is 3.64. The molecule has 0 rings (SSSR count). The third-order valence-corrected chi connectivity index (χ3v) is 2.27. The molecule has 3 nitrogen and oxygen atoms in total. The van der Waals surface area contributed by atoms with E-state index in [2.05, 4.69) is 5.32 Å². The highest BCUT2D eigenvalue weighted by molar-refractivity contribution is 5.75. The normalized spacial score (nSPS) is 12.6. The number of carbonyl (C=O) groups is 1. The molecule has 16 heavy (non-hydrogen) atoms. The van der Waals surface area contributed by atoms with Gasteiger partial charge in [0.05, 0.1) is 12.0 Å². The van der Waals surface area contributed by atoms with E-state index in [1.54, 1.807) is 13.8 Å². The molecule has 0 saturated carbocycles. The fourth-order valence-electron chi connectivity index (χ4n) is 0.786. The third-order valence-electron chi connectivity index (χ3n) is 2.27. The maximum Gasteiger partial charge on any atom is 0.401 e. The molecule has 0 aromatic heterocycles. The van der Waals surface area contributed by atoms with Crippen molar-refractivity contribution < 1.29 is 22.7 Å². The molecule has 0 atom stereocenters. The highest BCUT2D eigenvalue weighted by Gasteiger charge is 2.28. The Kier molecular flexibility index (Phi) is 5.78. The van der Waals surface area contributed by atoms with Crippen molar-refractivity contribution in [3.63, 3.8) is 0 Å². The standard InChI is InChI=1S/C10H18F3NO2/c1-4-9(2,3)8(15)16-6-5-14-7-10(11,12)13/h14H,4-7H2,1-3H3. The molecule has 0 radical (unpaired) electrons. The van der Waals surface area contributed by atoms with E-state index in [-0.39, 0.29) is 19.1 Å². The minimum Gasteiger partial charge on any atom is -0.464 e. The summed E-state index contributed by atoms with van der Waals surface area (Å²) in [7, 11) is 0. The quantitative estimate of drug-likeness (QED) is 0.572. The molecule has 0 aliphatic rings. The number of nitrogens with one attached hydrogen (secondary N) is 1. The molecule has 96 valence electrons. The minimum atomic E-state index is -4.23. The van der Waals surface area contributed by atoms with E-state index in [4.69, 9.17) is 4.74 Å². The van der Waals surface area contributed by atoms with Gasteiger partial charge in [-0.25, -0.2) is 0 Å². The van der Waals surface area contributed by atoms with Crippen LogP contribution in [0.2, 0.25) is 0 Å². The van der Waals surface area contributed by atoms with Crippen molar-refractivity contribution in [2.75, 3.05) is 19.7 Å². The Morgan fingerprint density at radius 3 is 2.31 bits per heavy atom. The zero-order valence-corrected chi connectivity index (χ0v) is 9.78. The lowest BCUT2D eigenvalue weighted by molar-refractivity contribution is -0.154. The van der Waals surface area contributed by atoms with E-state index in [9.17, 15) is 18.0 Å². The van der Waals surface area contributed by atoms with Crippen LogP contribution in [0.15, 0.2) is 0 Å². The lowest BCUT2D eigenvalue weighted by Gasteiger charge is -2.20. The average molecular weight is 241 g/mol. The fraction of sp³-hybridized carbons (Fsp3) is 0.900. The van der Waals surface area contributed by atoms with Gasteiger partial charge in [0, 0.05) is 6.54 Å². The van der Waals surface area contributed by atoms with E-state index in [0.29, 0.717) is 6.42 Å². The largest absolute Gasteiger partial charge is 0.464 e. The summed E-state index contributed by atoms with van der Waals surface area (Å²) in [5, 5.41) is 2.15. The summed E-state index contributed by atoms with van der Waals surface area (Å²) in [6.45, 7) is 4.21. The van der Waals surface area contributed by atoms with Crippen LogP contribution in [0.3, 0.4) is 0 Å². The smallest absolute Gasteiger partial charge is 0.401 e. The number of hydrogen-bond donors (Lipinski definition) is 1. The Bertz CT molecular complexity index is 227. The number of halogens is 3. The Labute approximate surface area is 93.3 Å². The monoisotopic (exact) mass is 241 g/mol. The number of carbonyl (C=O) groups excluding carboxylic acids is 1. The van der Waals surface area contributed by atoms with Gasteiger partial charge >= 0.3 is 12.1 Å². The van der Waals surface area contributed by atoms with E-state index in [1.165, 1.54) is 0 Å². The van der Waals surface area contributed by atoms with Crippen molar-refractivity contribution in [1.82, 2.24) is 5.32 Å². The van der Waals surface area contributed by atoms with E-state index in [0.717, 1.165) is 0 Å². The molecule has 0 heterocycles. The van der Waals surface area contributed by atoms with Gasteiger partial charge in [0.15, 0.2) is 0 Å². The van der Waals surface area contributed by atoms with Crippen LogP contribution in [0.5, 0.6) is 0 Å². The Morgan fingerprint density at radius 2 is 1.88 bits per heavy atom. The van der Waals surface area contributed by atoms with Crippen LogP contribution in [0.25, 0.3) is 0 Å². The molecule has 0 aliphatic heterocycles. The second kappa shape index (κ2) is 6.08. The first-order chi connectivity index (χ1) is 7.19. The SMILES string of the molecule is CCC(C)(C)C(=O)OCCNCC(F)(F)F. The van der Waals surface area contributed by atoms with Gasteiger partial charge in [-0.15, -0.1) is 0 Å². The van der Waals surface area contributed by atoms with Crippen LogP contribution in [0.4, 0.5) is 13.2 Å². The molecule has 0 aliphatic carbocycles. The zero-order valence-electron chi connectivity index (χ0n) is 9.78. The second-order valence-electron chi connectivity index (χ2n) is 4.17. The van der Waals surface area contributed by atoms with Crippen molar-refractivity contribution in [1.29, 1.82) is 0 Å². The zero-order chi connectivity index (χ0) is 12.8. The third kappa shape index (κ3) is 6.66. The van der Waals surface area contributed by atoms with E-state index in [1.807, 2.05) is 6.92 Å². The van der Waals surface area contributed by atoms with E-state index < -0.39 is 18.1 Å².